The van der Waals surface area contributed by atoms with Crippen molar-refractivity contribution >= 4 is 11.6 Å². The molecule has 0 radical (unpaired) electrons. The van der Waals surface area contributed by atoms with Crippen LogP contribution >= 0.6 is 11.6 Å². The fourth-order valence-electron chi connectivity index (χ4n) is 1.56. The lowest BCUT2D eigenvalue weighted by atomic mass is 10.0. The number of benzene rings is 1. The first-order valence-corrected chi connectivity index (χ1v) is 5.46. The Kier molecular flexibility index (Phi) is 4.27. The van der Waals surface area contributed by atoms with Crippen molar-refractivity contribution in [1.29, 1.82) is 0 Å². The summed E-state index contributed by atoms with van der Waals surface area (Å²) in [7, 11) is 1.71. The molecule has 1 rings (SSSR count). The van der Waals surface area contributed by atoms with Crippen molar-refractivity contribution in [2.24, 2.45) is 0 Å². The molecule has 0 amide bonds. The third kappa shape index (κ3) is 2.42. The molecule has 0 spiro atoms. The Morgan fingerprint density at radius 1 is 1.21 bits per heavy atom. The molecule has 2 heteroatoms. The molecule has 0 aliphatic heterocycles. The summed E-state index contributed by atoms with van der Waals surface area (Å²) >= 11 is 6.14. The fourth-order valence-corrected chi connectivity index (χ4v) is 1.88. The molecule has 0 fully saturated rings. The first-order chi connectivity index (χ1) is 6.72. The Morgan fingerprint density at radius 3 is 2.43 bits per heavy atom. The molecule has 1 aromatic carbocycles. The Morgan fingerprint density at radius 2 is 1.93 bits per heavy atom. The summed E-state index contributed by atoms with van der Waals surface area (Å²) in [5.41, 5.74) is 2.36. The maximum atomic E-state index is 6.14. The van der Waals surface area contributed by atoms with Crippen molar-refractivity contribution in [3.63, 3.8) is 0 Å². The number of hydrogen-bond donors (Lipinski definition) is 0. The Labute approximate surface area is 91.0 Å². The molecular formula is C12H17ClO. The second-order valence-electron chi connectivity index (χ2n) is 3.36. The lowest BCUT2D eigenvalue weighted by molar-refractivity contribution is 0.409. The van der Waals surface area contributed by atoms with E-state index in [0.29, 0.717) is 0 Å². The number of methoxy groups -OCH3 is 1. The van der Waals surface area contributed by atoms with E-state index in [9.17, 15) is 0 Å². The highest BCUT2D eigenvalue weighted by Gasteiger charge is 2.07. The average Bonchev–Trinajstić information content (AvgIpc) is 2.19. The van der Waals surface area contributed by atoms with E-state index in [0.717, 1.165) is 35.6 Å². The van der Waals surface area contributed by atoms with Crippen molar-refractivity contribution < 1.29 is 4.74 Å². The van der Waals surface area contributed by atoms with E-state index >= 15 is 0 Å². The van der Waals surface area contributed by atoms with Crippen LogP contribution in [-0.2, 0) is 12.8 Å². The van der Waals surface area contributed by atoms with Gasteiger partial charge in [0, 0.05) is 5.02 Å². The van der Waals surface area contributed by atoms with Crippen molar-refractivity contribution in [2.45, 2.75) is 33.1 Å². The number of halogens is 1. The molecule has 78 valence electrons. The van der Waals surface area contributed by atoms with E-state index in [4.69, 9.17) is 16.3 Å². The summed E-state index contributed by atoms with van der Waals surface area (Å²) in [5, 5.41) is 0.858. The van der Waals surface area contributed by atoms with Gasteiger partial charge in [-0.05, 0) is 36.1 Å². The van der Waals surface area contributed by atoms with E-state index in [1.165, 1.54) is 5.56 Å². The zero-order valence-electron chi connectivity index (χ0n) is 9.06. The number of ether oxygens (including phenoxy) is 1. The van der Waals surface area contributed by atoms with Crippen molar-refractivity contribution in [3.05, 3.63) is 28.3 Å². The second kappa shape index (κ2) is 5.26. The van der Waals surface area contributed by atoms with Gasteiger partial charge in [0.25, 0.3) is 0 Å². The molecule has 1 aromatic rings. The minimum absolute atomic E-state index is 0.858. The normalized spacial score (nSPS) is 10.3. The number of hydrogen-bond acceptors (Lipinski definition) is 1. The number of aryl methyl sites for hydroxylation is 2. The van der Waals surface area contributed by atoms with Crippen LogP contribution in [0.25, 0.3) is 0 Å². The lowest BCUT2D eigenvalue weighted by Gasteiger charge is -2.11. The fraction of sp³-hybridized carbons (Fsp3) is 0.500. The molecule has 1 nitrogen and oxygen atoms in total. The first-order valence-electron chi connectivity index (χ1n) is 5.08. The third-order valence-corrected chi connectivity index (χ3v) is 2.70. The molecule has 0 N–H and O–H groups in total. The SMILES string of the molecule is CCCc1cc(Cl)c(CC)cc1OC. The topological polar surface area (TPSA) is 9.23 Å². The van der Waals surface area contributed by atoms with Crippen molar-refractivity contribution in [1.82, 2.24) is 0 Å². The number of rotatable bonds is 4. The van der Waals surface area contributed by atoms with Crippen LogP contribution in [0, 0.1) is 0 Å². The summed E-state index contributed by atoms with van der Waals surface area (Å²) in [4.78, 5) is 0. The second-order valence-corrected chi connectivity index (χ2v) is 3.77. The van der Waals surface area contributed by atoms with E-state index in [-0.39, 0.29) is 0 Å². The predicted molar refractivity (Wildman–Crippen MR) is 61.4 cm³/mol. The smallest absolute Gasteiger partial charge is 0.122 e. The minimum atomic E-state index is 0.858. The van der Waals surface area contributed by atoms with Gasteiger partial charge in [-0.3, -0.25) is 0 Å². The van der Waals surface area contributed by atoms with Gasteiger partial charge < -0.3 is 4.74 Å². The van der Waals surface area contributed by atoms with Crippen molar-refractivity contribution in [2.75, 3.05) is 7.11 Å². The van der Waals surface area contributed by atoms with E-state index in [1.54, 1.807) is 7.11 Å². The summed E-state index contributed by atoms with van der Waals surface area (Å²) in [6, 6.07) is 4.08. The molecule has 0 saturated heterocycles. The molecule has 14 heavy (non-hydrogen) atoms. The van der Waals surface area contributed by atoms with Crippen molar-refractivity contribution in [3.8, 4) is 5.75 Å². The molecular weight excluding hydrogens is 196 g/mol. The zero-order valence-corrected chi connectivity index (χ0v) is 9.82. The highest BCUT2D eigenvalue weighted by Crippen LogP contribution is 2.28. The highest BCUT2D eigenvalue weighted by molar-refractivity contribution is 6.31. The van der Waals surface area contributed by atoms with Gasteiger partial charge in [0.05, 0.1) is 7.11 Å². The molecule has 0 unspecified atom stereocenters. The molecule has 0 aliphatic carbocycles. The van der Waals surface area contributed by atoms with E-state index in [2.05, 4.69) is 13.8 Å². The van der Waals surface area contributed by atoms with Crippen LogP contribution < -0.4 is 4.74 Å². The third-order valence-electron chi connectivity index (χ3n) is 2.35. The Balaban J connectivity index is 3.10. The van der Waals surface area contributed by atoms with Gasteiger partial charge in [-0.25, -0.2) is 0 Å². The van der Waals surface area contributed by atoms with E-state index in [1.807, 2.05) is 12.1 Å². The monoisotopic (exact) mass is 212 g/mol. The molecule has 0 atom stereocenters. The minimum Gasteiger partial charge on any atom is -0.496 e. The highest BCUT2D eigenvalue weighted by atomic mass is 35.5. The first kappa shape index (κ1) is 11.4. The maximum Gasteiger partial charge on any atom is 0.122 e. The summed E-state index contributed by atoms with van der Waals surface area (Å²) in [5.74, 6) is 0.966. The van der Waals surface area contributed by atoms with Crippen LogP contribution in [0.3, 0.4) is 0 Å². The van der Waals surface area contributed by atoms with Gasteiger partial charge in [0.15, 0.2) is 0 Å². The van der Waals surface area contributed by atoms with Crippen LogP contribution in [-0.4, -0.2) is 7.11 Å². The van der Waals surface area contributed by atoms with Crippen LogP contribution in [0.2, 0.25) is 5.02 Å². The summed E-state index contributed by atoms with van der Waals surface area (Å²) in [6.45, 7) is 4.25. The molecule has 0 aliphatic rings. The van der Waals surface area contributed by atoms with Gasteiger partial charge in [-0.1, -0.05) is 31.9 Å². The van der Waals surface area contributed by atoms with Gasteiger partial charge in [-0.15, -0.1) is 0 Å². The Hall–Kier alpha value is -0.690. The largest absolute Gasteiger partial charge is 0.496 e. The summed E-state index contributed by atoms with van der Waals surface area (Å²) in [6.07, 6.45) is 3.08. The lowest BCUT2D eigenvalue weighted by Crippen LogP contribution is -1.94. The molecule has 0 aromatic heterocycles. The van der Waals surface area contributed by atoms with Crippen LogP contribution in [0.5, 0.6) is 5.75 Å². The van der Waals surface area contributed by atoms with Crippen LogP contribution in [0.4, 0.5) is 0 Å². The maximum absolute atomic E-state index is 6.14. The zero-order chi connectivity index (χ0) is 10.6. The summed E-state index contributed by atoms with van der Waals surface area (Å²) < 4.78 is 5.34. The Bertz CT molecular complexity index is 307. The van der Waals surface area contributed by atoms with Gasteiger partial charge in [0.2, 0.25) is 0 Å². The van der Waals surface area contributed by atoms with Crippen LogP contribution in [0.15, 0.2) is 12.1 Å². The van der Waals surface area contributed by atoms with E-state index < -0.39 is 0 Å². The predicted octanol–water partition coefficient (Wildman–Crippen LogP) is 3.86. The van der Waals surface area contributed by atoms with Gasteiger partial charge >= 0.3 is 0 Å². The van der Waals surface area contributed by atoms with Gasteiger partial charge in [0.1, 0.15) is 5.75 Å². The molecule has 0 bridgehead atoms. The molecule has 0 heterocycles. The van der Waals surface area contributed by atoms with Crippen LogP contribution in [0.1, 0.15) is 31.4 Å². The molecule has 0 saturated carbocycles. The average molecular weight is 213 g/mol. The quantitative estimate of drug-likeness (QED) is 0.737. The standard InChI is InChI=1S/C12H17ClO/c1-4-6-10-7-11(13)9(5-2)8-12(10)14-3/h7-8H,4-6H2,1-3H3. The van der Waals surface area contributed by atoms with Gasteiger partial charge in [-0.2, -0.15) is 0 Å².